The van der Waals surface area contributed by atoms with E-state index in [-0.39, 0.29) is 35.2 Å². The minimum Gasteiger partial charge on any atom is -0.493 e. The van der Waals surface area contributed by atoms with Crippen LogP contribution in [0.25, 0.3) is 0 Å². The van der Waals surface area contributed by atoms with Crippen molar-refractivity contribution < 1.29 is 19.4 Å². The number of thioether (sulfide) groups is 1. The van der Waals surface area contributed by atoms with Crippen LogP contribution in [0.2, 0.25) is 0 Å². The lowest BCUT2D eigenvalue weighted by Crippen LogP contribution is -2.40. The van der Waals surface area contributed by atoms with E-state index >= 15 is 0 Å². The number of hydrogen-bond donors (Lipinski definition) is 1. The van der Waals surface area contributed by atoms with Gasteiger partial charge in [-0.15, -0.1) is 0 Å². The van der Waals surface area contributed by atoms with Crippen molar-refractivity contribution in [1.82, 2.24) is 14.5 Å². The van der Waals surface area contributed by atoms with Crippen LogP contribution in [0, 0.1) is 0 Å². The third-order valence-corrected chi connectivity index (χ3v) is 6.71. The molecular weight excluding hydrogens is 418 g/mol. The first kappa shape index (κ1) is 23.0. The molecule has 0 saturated carbocycles. The van der Waals surface area contributed by atoms with Crippen LogP contribution in [0.4, 0.5) is 0 Å². The summed E-state index contributed by atoms with van der Waals surface area (Å²) in [6.07, 6.45) is 1.46. The van der Waals surface area contributed by atoms with Crippen LogP contribution in [-0.4, -0.2) is 52.0 Å². The van der Waals surface area contributed by atoms with Gasteiger partial charge in [0, 0.05) is 12.6 Å². The molecule has 2 heterocycles. The summed E-state index contributed by atoms with van der Waals surface area (Å²) in [6, 6.07) is 4.81. The van der Waals surface area contributed by atoms with Gasteiger partial charge in [-0.1, -0.05) is 18.7 Å². The van der Waals surface area contributed by atoms with Gasteiger partial charge in [0.05, 0.1) is 32.1 Å². The summed E-state index contributed by atoms with van der Waals surface area (Å²) in [4.78, 5) is 31.3. The Hall–Kier alpha value is -2.68. The zero-order chi connectivity index (χ0) is 22.7. The summed E-state index contributed by atoms with van der Waals surface area (Å²) in [5.74, 6) is 1.06. The van der Waals surface area contributed by atoms with Gasteiger partial charge in [0.15, 0.2) is 16.7 Å². The molecule has 0 bridgehead atoms. The maximum Gasteiger partial charge on any atom is 0.258 e. The molecule has 2 aromatic rings. The van der Waals surface area contributed by atoms with Crippen LogP contribution >= 0.6 is 11.8 Å². The van der Waals surface area contributed by atoms with E-state index < -0.39 is 0 Å². The van der Waals surface area contributed by atoms with Crippen LogP contribution in [0.5, 0.6) is 17.4 Å². The second kappa shape index (κ2) is 9.64. The number of carbonyl (C=O) groups excluding carboxylic acids is 1. The normalized spacial score (nSPS) is 16.5. The van der Waals surface area contributed by atoms with E-state index in [9.17, 15) is 14.7 Å². The zero-order valence-corrected chi connectivity index (χ0v) is 19.4. The Kier molecular flexibility index (Phi) is 7.15. The molecule has 0 unspecified atom stereocenters. The number of hydrogen-bond acceptors (Lipinski definition) is 7. The second-order valence-corrected chi connectivity index (χ2v) is 8.51. The third-order valence-electron chi connectivity index (χ3n) is 5.77. The SMILES string of the molecule is CC[C@H](C)n1c(SCC(=O)N2CCc3cc(OC)c(OC)cc3[C@@H]2C)nc(O)cc1=O. The van der Waals surface area contributed by atoms with Gasteiger partial charge < -0.3 is 19.5 Å². The Morgan fingerprint density at radius 2 is 1.97 bits per heavy atom. The van der Waals surface area contributed by atoms with Crippen molar-refractivity contribution in [2.24, 2.45) is 0 Å². The Balaban J connectivity index is 1.79. The van der Waals surface area contributed by atoms with E-state index in [1.807, 2.05) is 37.8 Å². The summed E-state index contributed by atoms with van der Waals surface area (Å²) >= 11 is 1.17. The number of fused-ring (bicyclic) bond motifs is 1. The number of nitrogens with zero attached hydrogens (tertiary/aromatic N) is 3. The Labute approximate surface area is 186 Å². The van der Waals surface area contributed by atoms with Gasteiger partial charge in [0.1, 0.15) is 0 Å². The van der Waals surface area contributed by atoms with E-state index in [4.69, 9.17) is 9.47 Å². The molecule has 2 atom stereocenters. The number of benzene rings is 1. The first-order valence-electron chi connectivity index (χ1n) is 10.3. The molecule has 168 valence electrons. The molecule has 1 aliphatic rings. The highest BCUT2D eigenvalue weighted by molar-refractivity contribution is 7.99. The number of rotatable bonds is 7. The van der Waals surface area contributed by atoms with Gasteiger partial charge in [-0.25, -0.2) is 0 Å². The minimum atomic E-state index is -0.333. The van der Waals surface area contributed by atoms with Crippen LogP contribution in [0.1, 0.15) is 50.4 Å². The fraction of sp³-hybridized carbons (Fsp3) is 0.500. The maximum atomic E-state index is 13.1. The molecule has 0 radical (unpaired) electrons. The Bertz CT molecular complexity index is 1020. The van der Waals surface area contributed by atoms with E-state index in [1.54, 1.807) is 14.2 Å². The van der Waals surface area contributed by atoms with Gasteiger partial charge in [-0.3, -0.25) is 14.2 Å². The largest absolute Gasteiger partial charge is 0.493 e. The van der Waals surface area contributed by atoms with E-state index in [1.165, 1.54) is 16.3 Å². The third kappa shape index (κ3) is 4.66. The first-order valence-corrected chi connectivity index (χ1v) is 11.3. The van der Waals surface area contributed by atoms with Crippen molar-refractivity contribution in [1.29, 1.82) is 0 Å². The van der Waals surface area contributed by atoms with Crippen molar-refractivity contribution in [3.63, 3.8) is 0 Å². The summed E-state index contributed by atoms with van der Waals surface area (Å²) in [7, 11) is 3.20. The van der Waals surface area contributed by atoms with Gasteiger partial charge in [0.25, 0.3) is 5.56 Å². The standard InChI is InChI=1S/C22H29N3O5S/c1-6-13(2)25-20(27)11-19(26)23-22(25)31-12-21(28)24-8-7-15-9-17(29-4)18(30-5)10-16(15)14(24)3/h9-11,13-14,26H,6-8,12H2,1-5H3/t13-,14-/m0/s1. The second-order valence-electron chi connectivity index (χ2n) is 7.57. The molecule has 8 nitrogen and oxygen atoms in total. The molecule has 1 amide bonds. The average molecular weight is 448 g/mol. The fourth-order valence-corrected chi connectivity index (χ4v) is 4.83. The molecule has 1 aromatic heterocycles. The predicted octanol–water partition coefficient (Wildman–Crippen LogP) is 3.18. The molecular formula is C22H29N3O5S. The molecule has 31 heavy (non-hydrogen) atoms. The van der Waals surface area contributed by atoms with E-state index in [2.05, 4.69) is 4.98 Å². The smallest absolute Gasteiger partial charge is 0.258 e. The summed E-state index contributed by atoms with van der Waals surface area (Å²) in [5.41, 5.74) is 1.86. The lowest BCUT2D eigenvalue weighted by Gasteiger charge is -2.35. The first-order chi connectivity index (χ1) is 14.8. The lowest BCUT2D eigenvalue weighted by molar-refractivity contribution is -0.130. The van der Waals surface area contributed by atoms with E-state index in [0.717, 1.165) is 30.0 Å². The highest BCUT2D eigenvalue weighted by Crippen LogP contribution is 2.38. The molecule has 0 fully saturated rings. The monoisotopic (exact) mass is 447 g/mol. The van der Waals surface area contributed by atoms with Gasteiger partial charge >= 0.3 is 0 Å². The maximum absolute atomic E-state index is 13.1. The summed E-state index contributed by atoms with van der Waals surface area (Å²) in [6.45, 7) is 6.47. The van der Waals surface area contributed by atoms with Crippen molar-refractivity contribution >= 4 is 17.7 Å². The number of methoxy groups -OCH3 is 2. The fourth-order valence-electron chi connectivity index (χ4n) is 3.84. The number of amides is 1. The summed E-state index contributed by atoms with van der Waals surface area (Å²) < 4.78 is 12.3. The number of ether oxygens (including phenoxy) is 2. The Morgan fingerprint density at radius 3 is 2.61 bits per heavy atom. The number of aromatic hydroxyl groups is 1. The molecule has 1 aliphatic heterocycles. The molecule has 1 aromatic carbocycles. The average Bonchev–Trinajstić information content (AvgIpc) is 2.76. The van der Waals surface area contributed by atoms with Crippen LogP contribution in [0.15, 0.2) is 28.2 Å². The molecule has 9 heteroatoms. The minimum absolute atomic E-state index is 0.0498. The molecule has 0 spiro atoms. The number of carbonyl (C=O) groups is 1. The summed E-state index contributed by atoms with van der Waals surface area (Å²) in [5, 5.41) is 10.1. The van der Waals surface area contributed by atoms with Crippen LogP contribution in [-0.2, 0) is 11.2 Å². The molecule has 0 saturated heterocycles. The predicted molar refractivity (Wildman–Crippen MR) is 119 cm³/mol. The van der Waals surface area contributed by atoms with E-state index in [0.29, 0.717) is 23.2 Å². The van der Waals surface area contributed by atoms with Crippen molar-refractivity contribution in [2.75, 3.05) is 26.5 Å². The quantitative estimate of drug-likeness (QED) is 0.515. The molecule has 3 rings (SSSR count). The van der Waals surface area contributed by atoms with Crippen molar-refractivity contribution in [3.05, 3.63) is 39.7 Å². The lowest BCUT2D eigenvalue weighted by atomic mass is 9.93. The highest BCUT2D eigenvalue weighted by atomic mass is 32.2. The topological polar surface area (TPSA) is 93.9 Å². The van der Waals surface area contributed by atoms with Gasteiger partial charge in [-0.05, 0) is 49.9 Å². The van der Waals surface area contributed by atoms with Crippen molar-refractivity contribution in [3.8, 4) is 17.4 Å². The van der Waals surface area contributed by atoms with Crippen LogP contribution < -0.4 is 15.0 Å². The highest BCUT2D eigenvalue weighted by Gasteiger charge is 2.29. The zero-order valence-electron chi connectivity index (χ0n) is 18.5. The number of aromatic nitrogens is 2. The van der Waals surface area contributed by atoms with Crippen molar-refractivity contribution in [2.45, 2.75) is 50.9 Å². The van der Waals surface area contributed by atoms with Gasteiger partial charge in [-0.2, -0.15) is 4.98 Å². The van der Waals surface area contributed by atoms with Gasteiger partial charge in [0.2, 0.25) is 11.8 Å². The molecule has 1 N–H and O–H groups in total. The Morgan fingerprint density at radius 1 is 1.29 bits per heavy atom. The van der Waals surface area contributed by atoms with Crippen LogP contribution in [0.3, 0.4) is 0 Å². The molecule has 0 aliphatic carbocycles.